The molecular formula is C20H40N4O. The normalized spacial score (nSPS) is 21.4. The van der Waals surface area contributed by atoms with E-state index in [2.05, 4.69) is 29.4 Å². The van der Waals surface area contributed by atoms with Crippen molar-refractivity contribution in [2.75, 3.05) is 52.5 Å². The number of hydrogen-bond donors (Lipinski definition) is 2. The van der Waals surface area contributed by atoms with Crippen molar-refractivity contribution in [3.63, 3.8) is 0 Å². The lowest BCUT2D eigenvalue weighted by Crippen LogP contribution is -2.43. The first-order chi connectivity index (χ1) is 12.3. The maximum absolute atomic E-state index is 5.62. The van der Waals surface area contributed by atoms with Gasteiger partial charge in [-0.1, -0.05) is 19.3 Å². The molecule has 2 fully saturated rings. The number of rotatable bonds is 10. The fourth-order valence-electron chi connectivity index (χ4n) is 4.15. The summed E-state index contributed by atoms with van der Waals surface area (Å²) < 4.78 is 5.62. The molecule has 0 spiro atoms. The van der Waals surface area contributed by atoms with Gasteiger partial charge in [-0.3, -0.25) is 4.99 Å². The molecular weight excluding hydrogens is 312 g/mol. The molecule has 2 N–H and O–H groups in total. The highest BCUT2D eigenvalue weighted by Gasteiger charge is 2.33. The number of piperidine rings is 1. The van der Waals surface area contributed by atoms with Crippen molar-refractivity contribution in [1.29, 1.82) is 0 Å². The van der Waals surface area contributed by atoms with E-state index in [9.17, 15) is 0 Å². The Hall–Kier alpha value is -0.810. The van der Waals surface area contributed by atoms with Crippen molar-refractivity contribution < 1.29 is 4.74 Å². The second-order valence-corrected chi connectivity index (χ2v) is 7.68. The SMILES string of the molecule is CCNC(=NCC1(CCOCC)CCCC1)NCCN1CCCCC1. The van der Waals surface area contributed by atoms with Gasteiger partial charge in [0.1, 0.15) is 0 Å². The van der Waals surface area contributed by atoms with Gasteiger partial charge in [0, 0.05) is 39.4 Å². The summed E-state index contributed by atoms with van der Waals surface area (Å²) in [4.78, 5) is 7.52. The molecule has 1 saturated heterocycles. The summed E-state index contributed by atoms with van der Waals surface area (Å²) in [5.74, 6) is 0.988. The first-order valence-corrected chi connectivity index (χ1v) is 10.6. The second kappa shape index (κ2) is 11.7. The number of guanidine groups is 1. The predicted octanol–water partition coefficient (Wildman–Crippen LogP) is 3.01. The summed E-state index contributed by atoms with van der Waals surface area (Å²) >= 11 is 0. The largest absolute Gasteiger partial charge is 0.382 e. The zero-order chi connectivity index (χ0) is 17.8. The number of likely N-dealkylation sites (tertiary alicyclic amines) is 1. The van der Waals surface area contributed by atoms with Gasteiger partial charge in [-0.05, 0) is 64.5 Å². The lowest BCUT2D eigenvalue weighted by Gasteiger charge is -2.28. The zero-order valence-corrected chi connectivity index (χ0v) is 16.6. The third-order valence-corrected chi connectivity index (χ3v) is 5.73. The average Bonchev–Trinajstić information content (AvgIpc) is 3.10. The van der Waals surface area contributed by atoms with Crippen molar-refractivity contribution >= 4 is 5.96 Å². The van der Waals surface area contributed by atoms with Crippen molar-refractivity contribution in [2.45, 2.75) is 65.2 Å². The number of nitrogens with one attached hydrogen (secondary N) is 2. The average molecular weight is 353 g/mol. The van der Waals surface area contributed by atoms with Gasteiger partial charge in [0.2, 0.25) is 0 Å². The maximum Gasteiger partial charge on any atom is 0.191 e. The third kappa shape index (κ3) is 7.53. The molecule has 1 aliphatic heterocycles. The standard InChI is InChI=1S/C20H40N4O/c1-3-21-19(22-13-16-24-14-8-5-9-15-24)23-18-20(10-6-7-11-20)12-17-25-4-2/h3-18H2,1-2H3,(H2,21,22,23). The predicted molar refractivity (Wildman–Crippen MR) is 106 cm³/mol. The van der Waals surface area contributed by atoms with Gasteiger partial charge in [0.25, 0.3) is 0 Å². The van der Waals surface area contributed by atoms with Crippen LogP contribution >= 0.6 is 0 Å². The molecule has 5 heteroatoms. The van der Waals surface area contributed by atoms with E-state index < -0.39 is 0 Å². The highest BCUT2D eigenvalue weighted by Crippen LogP contribution is 2.41. The number of ether oxygens (including phenoxy) is 1. The van der Waals surface area contributed by atoms with Gasteiger partial charge in [-0.25, -0.2) is 0 Å². The molecule has 146 valence electrons. The minimum Gasteiger partial charge on any atom is -0.382 e. The summed E-state index contributed by atoms with van der Waals surface area (Å²) in [7, 11) is 0. The Labute approximate surface area is 155 Å². The summed E-state index contributed by atoms with van der Waals surface area (Å²) in [5, 5.41) is 6.96. The molecule has 0 atom stereocenters. The van der Waals surface area contributed by atoms with Gasteiger partial charge in [-0.15, -0.1) is 0 Å². The fourth-order valence-corrected chi connectivity index (χ4v) is 4.15. The first-order valence-electron chi connectivity index (χ1n) is 10.6. The smallest absolute Gasteiger partial charge is 0.191 e. The third-order valence-electron chi connectivity index (χ3n) is 5.73. The quantitative estimate of drug-likeness (QED) is 0.360. The number of nitrogens with zero attached hydrogens (tertiary/aromatic N) is 2. The number of hydrogen-bond acceptors (Lipinski definition) is 3. The molecule has 0 unspecified atom stereocenters. The lowest BCUT2D eigenvalue weighted by molar-refractivity contribution is 0.107. The Kier molecular flexibility index (Phi) is 9.63. The van der Waals surface area contributed by atoms with Gasteiger partial charge in [0.05, 0.1) is 0 Å². The van der Waals surface area contributed by atoms with E-state index in [1.807, 2.05) is 0 Å². The molecule has 0 bridgehead atoms. The van der Waals surface area contributed by atoms with Crippen LogP contribution in [0.3, 0.4) is 0 Å². The van der Waals surface area contributed by atoms with Gasteiger partial charge in [0.15, 0.2) is 5.96 Å². The van der Waals surface area contributed by atoms with Crippen LogP contribution in [0.2, 0.25) is 0 Å². The zero-order valence-electron chi connectivity index (χ0n) is 16.6. The van der Waals surface area contributed by atoms with Crippen LogP contribution in [-0.4, -0.2) is 63.3 Å². The molecule has 0 aromatic heterocycles. The molecule has 25 heavy (non-hydrogen) atoms. The first kappa shape index (κ1) is 20.5. The molecule has 0 aromatic rings. The van der Waals surface area contributed by atoms with E-state index >= 15 is 0 Å². The summed E-state index contributed by atoms with van der Waals surface area (Å²) in [6.07, 6.45) is 10.6. The van der Waals surface area contributed by atoms with Crippen molar-refractivity contribution in [3.8, 4) is 0 Å². The molecule has 0 aromatic carbocycles. The highest BCUT2D eigenvalue weighted by atomic mass is 16.5. The van der Waals surface area contributed by atoms with E-state index in [1.165, 1.54) is 58.0 Å². The Bertz CT molecular complexity index is 374. The van der Waals surface area contributed by atoms with Crippen LogP contribution in [0.15, 0.2) is 4.99 Å². The van der Waals surface area contributed by atoms with Crippen LogP contribution in [0.5, 0.6) is 0 Å². The maximum atomic E-state index is 5.62. The molecule has 5 nitrogen and oxygen atoms in total. The molecule has 1 aliphatic carbocycles. The topological polar surface area (TPSA) is 48.9 Å². The Morgan fingerprint density at radius 3 is 2.48 bits per heavy atom. The highest BCUT2D eigenvalue weighted by molar-refractivity contribution is 5.79. The van der Waals surface area contributed by atoms with Crippen LogP contribution in [-0.2, 0) is 4.74 Å². The van der Waals surface area contributed by atoms with Crippen LogP contribution < -0.4 is 10.6 Å². The number of aliphatic imine (C=N–C) groups is 1. The summed E-state index contributed by atoms with van der Waals surface area (Å²) in [6, 6.07) is 0. The molecule has 1 heterocycles. The van der Waals surface area contributed by atoms with Crippen LogP contribution in [0.25, 0.3) is 0 Å². The second-order valence-electron chi connectivity index (χ2n) is 7.68. The van der Waals surface area contributed by atoms with Crippen molar-refractivity contribution in [3.05, 3.63) is 0 Å². The van der Waals surface area contributed by atoms with Crippen LogP contribution in [0.1, 0.15) is 65.2 Å². The minimum atomic E-state index is 0.365. The molecule has 2 aliphatic rings. The van der Waals surface area contributed by atoms with Crippen molar-refractivity contribution in [2.24, 2.45) is 10.4 Å². The summed E-state index contributed by atoms with van der Waals surface area (Å²) in [5.41, 5.74) is 0.365. The molecule has 2 rings (SSSR count). The van der Waals surface area contributed by atoms with Crippen LogP contribution in [0.4, 0.5) is 0 Å². The van der Waals surface area contributed by atoms with Gasteiger partial charge >= 0.3 is 0 Å². The Morgan fingerprint density at radius 1 is 1.04 bits per heavy atom. The van der Waals surface area contributed by atoms with Crippen LogP contribution in [0, 0.1) is 5.41 Å². The van der Waals surface area contributed by atoms with E-state index in [-0.39, 0.29) is 0 Å². The van der Waals surface area contributed by atoms with Gasteiger partial charge < -0.3 is 20.3 Å². The lowest BCUT2D eigenvalue weighted by atomic mass is 9.83. The summed E-state index contributed by atoms with van der Waals surface area (Å²) in [6.45, 7) is 12.4. The van der Waals surface area contributed by atoms with E-state index in [0.29, 0.717) is 5.41 Å². The van der Waals surface area contributed by atoms with E-state index in [1.54, 1.807) is 0 Å². The fraction of sp³-hybridized carbons (Fsp3) is 0.950. The minimum absolute atomic E-state index is 0.365. The van der Waals surface area contributed by atoms with E-state index in [0.717, 1.165) is 51.8 Å². The molecule has 0 radical (unpaired) electrons. The molecule has 1 saturated carbocycles. The van der Waals surface area contributed by atoms with E-state index in [4.69, 9.17) is 9.73 Å². The Balaban J connectivity index is 1.79. The molecule has 0 amide bonds. The van der Waals surface area contributed by atoms with Crippen molar-refractivity contribution in [1.82, 2.24) is 15.5 Å². The Morgan fingerprint density at radius 2 is 1.80 bits per heavy atom. The monoisotopic (exact) mass is 352 g/mol. The van der Waals surface area contributed by atoms with Gasteiger partial charge in [-0.2, -0.15) is 0 Å².